The first-order valence-corrected chi connectivity index (χ1v) is 11.1. The lowest BCUT2D eigenvalue weighted by molar-refractivity contribution is -0.125. The van der Waals surface area contributed by atoms with E-state index in [1.165, 1.54) is 5.56 Å². The average Bonchev–Trinajstić information content (AvgIpc) is 3.30. The van der Waals surface area contributed by atoms with Crippen molar-refractivity contribution in [2.75, 3.05) is 39.3 Å². The number of rotatable bonds is 7. The van der Waals surface area contributed by atoms with Crippen molar-refractivity contribution in [1.82, 2.24) is 26.0 Å². The SMILES string of the molecule is CCN1CCN(Cc2ccc(CNC(=O)C3CNNC3c3ccccc3)cc2)CC1. The Balaban J connectivity index is 1.26. The van der Waals surface area contributed by atoms with Crippen LogP contribution >= 0.6 is 0 Å². The molecule has 3 N–H and O–H groups in total. The summed E-state index contributed by atoms with van der Waals surface area (Å²) in [6.07, 6.45) is 0. The van der Waals surface area contributed by atoms with Crippen LogP contribution in [0.1, 0.15) is 29.7 Å². The van der Waals surface area contributed by atoms with Crippen molar-refractivity contribution >= 4 is 5.91 Å². The molecule has 2 aromatic carbocycles. The molecular weight excluding hydrogens is 374 g/mol. The lowest BCUT2D eigenvalue weighted by Gasteiger charge is -2.34. The second kappa shape index (κ2) is 10.2. The smallest absolute Gasteiger partial charge is 0.226 e. The maximum absolute atomic E-state index is 12.8. The molecule has 4 rings (SSSR count). The van der Waals surface area contributed by atoms with E-state index < -0.39 is 0 Å². The lowest BCUT2D eigenvalue weighted by Crippen LogP contribution is -2.45. The zero-order valence-electron chi connectivity index (χ0n) is 17.8. The highest BCUT2D eigenvalue weighted by Crippen LogP contribution is 2.24. The molecule has 2 aliphatic heterocycles. The molecule has 2 heterocycles. The number of carbonyl (C=O) groups excluding carboxylic acids is 1. The Labute approximate surface area is 179 Å². The van der Waals surface area contributed by atoms with Gasteiger partial charge in [-0.3, -0.25) is 15.1 Å². The van der Waals surface area contributed by atoms with Gasteiger partial charge in [-0.2, -0.15) is 0 Å². The number of nitrogens with one attached hydrogen (secondary N) is 3. The van der Waals surface area contributed by atoms with Crippen LogP contribution in [-0.2, 0) is 17.9 Å². The number of nitrogens with zero attached hydrogens (tertiary/aromatic N) is 2. The van der Waals surface area contributed by atoms with Gasteiger partial charge in [-0.1, -0.05) is 61.5 Å². The lowest BCUT2D eigenvalue weighted by atomic mass is 9.94. The van der Waals surface area contributed by atoms with Crippen LogP contribution in [0.3, 0.4) is 0 Å². The molecule has 0 bridgehead atoms. The van der Waals surface area contributed by atoms with Gasteiger partial charge in [0.05, 0.1) is 12.0 Å². The van der Waals surface area contributed by atoms with Crippen LogP contribution in [-0.4, -0.2) is 55.0 Å². The minimum absolute atomic E-state index is 0.00162. The molecule has 0 saturated carbocycles. The Hall–Kier alpha value is -2.25. The highest BCUT2D eigenvalue weighted by atomic mass is 16.2. The van der Waals surface area contributed by atoms with Gasteiger partial charge in [0, 0.05) is 45.8 Å². The molecular formula is C24H33N5O. The summed E-state index contributed by atoms with van der Waals surface area (Å²) in [5.74, 6) is -0.0346. The van der Waals surface area contributed by atoms with E-state index in [-0.39, 0.29) is 17.9 Å². The molecule has 1 amide bonds. The zero-order valence-corrected chi connectivity index (χ0v) is 17.8. The van der Waals surface area contributed by atoms with Gasteiger partial charge >= 0.3 is 0 Å². The molecule has 0 aliphatic carbocycles. The fraction of sp³-hybridized carbons (Fsp3) is 0.458. The largest absolute Gasteiger partial charge is 0.352 e. The first kappa shape index (κ1) is 21.0. The maximum Gasteiger partial charge on any atom is 0.226 e. The number of likely N-dealkylation sites (N-methyl/N-ethyl adjacent to an activating group) is 1. The van der Waals surface area contributed by atoms with Gasteiger partial charge in [-0.15, -0.1) is 0 Å². The maximum atomic E-state index is 12.8. The summed E-state index contributed by atoms with van der Waals surface area (Å²) in [5, 5.41) is 3.12. The number of hydrazine groups is 1. The molecule has 0 aromatic heterocycles. The molecule has 2 saturated heterocycles. The van der Waals surface area contributed by atoms with E-state index in [0.717, 1.165) is 50.4 Å². The number of carbonyl (C=O) groups is 1. The zero-order chi connectivity index (χ0) is 20.8. The van der Waals surface area contributed by atoms with Crippen LogP contribution in [0.15, 0.2) is 54.6 Å². The molecule has 2 unspecified atom stereocenters. The van der Waals surface area contributed by atoms with E-state index in [4.69, 9.17) is 0 Å². The highest BCUT2D eigenvalue weighted by molar-refractivity contribution is 5.80. The van der Waals surface area contributed by atoms with Gasteiger partial charge in [-0.05, 0) is 23.2 Å². The molecule has 0 radical (unpaired) electrons. The predicted molar refractivity (Wildman–Crippen MR) is 119 cm³/mol. The fourth-order valence-corrected chi connectivity index (χ4v) is 4.32. The monoisotopic (exact) mass is 407 g/mol. The molecule has 30 heavy (non-hydrogen) atoms. The minimum Gasteiger partial charge on any atom is -0.352 e. The number of benzene rings is 2. The Morgan fingerprint density at radius 2 is 1.63 bits per heavy atom. The fourth-order valence-electron chi connectivity index (χ4n) is 4.32. The van der Waals surface area contributed by atoms with Gasteiger partial charge in [0.2, 0.25) is 5.91 Å². The molecule has 0 spiro atoms. The summed E-state index contributed by atoms with van der Waals surface area (Å²) in [6, 6.07) is 18.8. The second-order valence-corrected chi connectivity index (χ2v) is 8.26. The summed E-state index contributed by atoms with van der Waals surface area (Å²) in [5.41, 5.74) is 9.98. The third-order valence-electron chi connectivity index (χ3n) is 6.29. The quantitative estimate of drug-likeness (QED) is 0.655. The molecule has 6 nitrogen and oxygen atoms in total. The van der Waals surface area contributed by atoms with Crippen LogP contribution in [0.2, 0.25) is 0 Å². The van der Waals surface area contributed by atoms with Gasteiger partial charge < -0.3 is 10.2 Å². The molecule has 160 valence electrons. The van der Waals surface area contributed by atoms with Crippen molar-refractivity contribution in [1.29, 1.82) is 0 Å². The first-order valence-electron chi connectivity index (χ1n) is 11.1. The van der Waals surface area contributed by atoms with Crippen molar-refractivity contribution < 1.29 is 4.79 Å². The third-order valence-corrected chi connectivity index (χ3v) is 6.29. The Morgan fingerprint density at radius 3 is 2.33 bits per heavy atom. The molecule has 2 atom stereocenters. The van der Waals surface area contributed by atoms with Crippen molar-refractivity contribution in [3.63, 3.8) is 0 Å². The van der Waals surface area contributed by atoms with Crippen molar-refractivity contribution in [3.05, 3.63) is 71.3 Å². The highest BCUT2D eigenvalue weighted by Gasteiger charge is 2.33. The molecule has 6 heteroatoms. The van der Waals surface area contributed by atoms with Crippen molar-refractivity contribution in [2.24, 2.45) is 5.92 Å². The van der Waals surface area contributed by atoms with Crippen molar-refractivity contribution in [2.45, 2.75) is 26.1 Å². The van der Waals surface area contributed by atoms with E-state index in [1.54, 1.807) is 0 Å². The van der Waals surface area contributed by atoms with Crippen LogP contribution in [0.25, 0.3) is 0 Å². The second-order valence-electron chi connectivity index (χ2n) is 8.26. The van der Waals surface area contributed by atoms with Crippen molar-refractivity contribution in [3.8, 4) is 0 Å². The summed E-state index contributed by atoms with van der Waals surface area (Å²) >= 11 is 0. The Morgan fingerprint density at radius 1 is 0.967 bits per heavy atom. The summed E-state index contributed by atoms with van der Waals surface area (Å²) < 4.78 is 0. The molecule has 2 fully saturated rings. The van der Waals surface area contributed by atoms with Gasteiger partial charge in [-0.25, -0.2) is 5.43 Å². The van der Waals surface area contributed by atoms with E-state index in [9.17, 15) is 4.79 Å². The first-order chi connectivity index (χ1) is 14.7. The third kappa shape index (κ3) is 5.26. The summed E-state index contributed by atoms with van der Waals surface area (Å²) in [4.78, 5) is 17.8. The summed E-state index contributed by atoms with van der Waals surface area (Å²) in [6.45, 7) is 10.2. The average molecular weight is 408 g/mol. The normalized spacial score (nSPS) is 22.8. The Bertz CT molecular complexity index is 802. The van der Waals surface area contributed by atoms with E-state index >= 15 is 0 Å². The molecule has 2 aromatic rings. The molecule has 2 aliphatic rings. The van der Waals surface area contributed by atoms with Gasteiger partial charge in [0.1, 0.15) is 0 Å². The van der Waals surface area contributed by atoms with E-state index in [0.29, 0.717) is 13.1 Å². The van der Waals surface area contributed by atoms with E-state index in [1.807, 2.05) is 18.2 Å². The standard InChI is InChI=1S/C24H33N5O/c1-2-28-12-14-29(15-13-28)18-20-10-8-19(9-11-20)16-25-24(30)22-17-26-27-23(22)21-6-4-3-5-7-21/h3-11,22-23,26-27H,2,12-18H2,1H3,(H,25,30). The van der Waals surface area contributed by atoms with Crippen LogP contribution in [0, 0.1) is 5.92 Å². The minimum atomic E-state index is -0.117. The van der Waals surface area contributed by atoms with Crippen LogP contribution < -0.4 is 16.2 Å². The van der Waals surface area contributed by atoms with E-state index in [2.05, 4.69) is 69.3 Å². The number of amides is 1. The Kier molecular flexibility index (Phi) is 7.12. The van der Waals surface area contributed by atoms with Gasteiger partial charge in [0.25, 0.3) is 0 Å². The van der Waals surface area contributed by atoms with Gasteiger partial charge in [0.15, 0.2) is 0 Å². The van der Waals surface area contributed by atoms with Crippen LogP contribution in [0.4, 0.5) is 0 Å². The predicted octanol–water partition coefficient (Wildman–Crippen LogP) is 1.91. The summed E-state index contributed by atoms with van der Waals surface area (Å²) in [7, 11) is 0. The number of hydrogen-bond acceptors (Lipinski definition) is 5. The topological polar surface area (TPSA) is 59.6 Å². The number of piperazine rings is 1. The van der Waals surface area contributed by atoms with Crippen LogP contribution in [0.5, 0.6) is 0 Å². The number of hydrogen-bond donors (Lipinski definition) is 3.